The van der Waals surface area contributed by atoms with E-state index in [1.165, 1.54) is 11.0 Å². The average Bonchev–Trinajstić information content (AvgIpc) is 2.86. The molecule has 0 saturated carbocycles. The van der Waals surface area contributed by atoms with Crippen molar-refractivity contribution in [2.24, 2.45) is 0 Å². The molecular formula is C12H19N5O4. The Morgan fingerprint density at radius 3 is 2.86 bits per heavy atom. The summed E-state index contributed by atoms with van der Waals surface area (Å²) in [6.07, 6.45) is 1.60. The van der Waals surface area contributed by atoms with Gasteiger partial charge in [0.25, 0.3) is 0 Å². The summed E-state index contributed by atoms with van der Waals surface area (Å²) in [5, 5.41) is 19.7. The second kappa shape index (κ2) is 7.02. The number of nitrogens with one attached hydrogen (secondary N) is 1. The molecule has 0 aliphatic carbocycles. The first-order chi connectivity index (χ1) is 10.1. The van der Waals surface area contributed by atoms with Crippen LogP contribution >= 0.6 is 0 Å². The van der Waals surface area contributed by atoms with Crippen LogP contribution in [0.5, 0.6) is 0 Å². The van der Waals surface area contributed by atoms with E-state index in [2.05, 4.69) is 15.5 Å². The van der Waals surface area contributed by atoms with Crippen molar-refractivity contribution in [1.29, 1.82) is 0 Å². The second-order valence-electron chi connectivity index (χ2n) is 4.72. The fraction of sp³-hybridized carbons (Fsp3) is 0.667. The van der Waals surface area contributed by atoms with Crippen molar-refractivity contribution >= 4 is 17.8 Å². The zero-order valence-electron chi connectivity index (χ0n) is 11.9. The zero-order chi connectivity index (χ0) is 15.2. The standard InChI is InChI=1S/C12H19N5O4/c1-2-21-12(20)14-10-7-13-17(15-10)8-11(19)16-5-3-9(18)4-6-16/h7,9,18H,2-6,8H2,1H3,(H,14,15,20). The molecule has 0 spiro atoms. The number of likely N-dealkylation sites (tertiary alicyclic amines) is 1. The van der Waals surface area contributed by atoms with Crippen molar-refractivity contribution in [2.45, 2.75) is 32.4 Å². The largest absolute Gasteiger partial charge is 0.450 e. The maximum absolute atomic E-state index is 12.0. The highest BCUT2D eigenvalue weighted by Crippen LogP contribution is 2.10. The van der Waals surface area contributed by atoms with Gasteiger partial charge in [0.1, 0.15) is 6.54 Å². The topological polar surface area (TPSA) is 110 Å². The fourth-order valence-corrected chi connectivity index (χ4v) is 2.04. The Hall–Kier alpha value is -2.16. The predicted octanol–water partition coefficient (Wildman–Crippen LogP) is -0.170. The van der Waals surface area contributed by atoms with Crippen LogP contribution in [0, 0.1) is 0 Å². The summed E-state index contributed by atoms with van der Waals surface area (Å²) in [7, 11) is 0. The molecule has 1 saturated heterocycles. The van der Waals surface area contributed by atoms with E-state index in [0.29, 0.717) is 25.9 Å². The number of hydrogen-bond donors (Lipinski definition) is 2. The zero-order valence-corrected chi connectivity index (χ0v) is 11.9. The van der Waals surface area contributed by atoms with Gasteiger partial charge in [-0.05, 0) is 19.8 Å². The van der Waals surface area contributed by atoms with Crippen molar-refractivity contribution in [3.63, 3.8) is 0 Å². The molecule has 9 nitrogen and oxygen atoms in total. The van der Waals surface area contributed by atoms with E-state index in [0.717, 1.165) is 0 Å². The maximum atomic E-state index is 12.0. The van der Waals surface area contributed by atoms with E-state index in [1.54, 1.807) is 11.8 Å². The minimum absolute atomic E-state index is 0.000596. The monoisotopic (exact) mass is 297 g/mol. The third-order valence-corrected chi connectivity index (χ3v) is 3.14. The summed E-state index contributed by atoms with van der Waals surface area (Å²) < 4.78 is 4.72. The predicted molar refractivity (Wildman–Crippen MR) is 72.5 cm³/mol. The number of aliphatic hydroxyl groups excluding tert-OH is 1. The number of aliphatic hydroxyl groups is 1. The summed E-state index contributed by atoms with van der Waals surface area (Å²) in [5.41, 5.74) is 0. The molecule has 2 amide bonds. The summed E-state index contributed by atoms with van der Waals surface area (Å²) in [6.45, 7) is 3.04. The number of hydrogen-bond acceptors (Lipinski definition) is 6. The summed E-state index contributed by atoms with van der Waals surface area (Å²) in [5.74, 6) is 0.121. The molecule has 1 aliphatic rings. The lowest BCUT2D eigenvalue weighted by atomic mass is 10.1. The van der Waals surface area contributed by atoms with Gasteiger partial charge in [-0.2, -0.15) is 9.90 Å². The Morgan fingerprint density at radius 2 is 2.19 bits per heavy atom. The molecule has 0 unspecified atom stereocenters. The first kappa shape index (κ1) is 15.2. The molecule has 1 aromatic rings. The van der Waals surface area contributed by atoms with E-state index in [9.17, 15) is 14.7 Å². The second-order valence-corrected chi connectivity index (χ2v) is 4.72. The first-order valence-electron chi connectivity index (χ1n) is 6.88. The van der Waals surface area contributed by atoms with Gasteiger partial charge < -0.3 is 14.7 Å². The molecule has 2 heterocycles. The smallest absolute Gasteiger partial charge is 0.412 e. The van der Waals surface area contributed by atoms with Gasteiger partial charge in [-0.15, -0.1) is 5.10 Å². The highest BCUT2D eigenvalue weighted by atomic mass is 16.5. The lowest BCUT2D eigenvalue weighted by Gasteiger charge is -2.29. The summed E-state index contributed by atoms with van der Waals surface area (Å²) >= 11 is 0. The van der Waals surface area contributed by atoms with E-state index < -0.39 is 6.09 Å². The van der Waals surface area contributed by atoms with Crippen LogP contribution in [0.1, 0.15) is 19.8 Å². The van der Waals surface area contributed by atoms with E-state index in [1.807, 2.05) is 0 Å². The number of rotatable bonds is 4. The molecule has 9 heteroatoms. The third-order valence-electron chi connectivity index (χ3n) is 3.14. The van der Waals surface area contributed by atoms with Crippen LogP contribution in [0.4, 0.5) is 10.6 Å². The molecule has 0 aromatic carbocycles. The molecule has 1 fully saturated rings. The van der Waals surface area contributed by atoms with Crippen molar-refractivity contribution in [1.82, 2.24) is 19.9 Å². The van der Waals surface area contributed by atoms with Crippen LogP contribution in [-0.2, 0) is 16.1 Å². The lowest BCUT2D eigenvalue weighted by Crippen LogP contribution is -2.41. The van der Waals surface area contributed by atoms with Gasteiger partial charge in [-0.3, -0.25) is 10.1 Å². The van der Waals surface area contributed by atoms with Crippen molar-refractivity contribution in [3.05, 3.63) is 6.20 Å². The molecule has 1 aliphatic heterocycles. The molecule has 0 atom stereocenters. The number of amides is 2. The van der Waals surface area contributed by atoms with Gasteiger partial charge in [0, 0.05) is 13.1 Å². The first-order valence-corrected chi connectivity index (χ1v) is 6.88. The highest BCUT2D eigenvalue weighted by molar-refractivity contribution is 5.83. The normalized spacial score (nSPS) is 15.8. The Bertz CT molecular complexity index is 496. The summed E-state index contributed by atoms with van der Waals surface area (Å²) in [4.78, 5) is 26.1. The molecular weight excluding hydrogens is 278 g/mol. The number of anilines is 1. The molecule has 116 valence electrons. The van der Waals surface area contributed by atoms with Crippen LogP contribution in [0.2, 0.25) is 0 Å². The van der Waals surface area contributed by atoms with Crippen LogP contribution in [0.3, 0.4) is 0 Å². The van der Waals surface area contributed by atoms with Crippen molar-refractivity contribution < 1.29 is 19.4 Å². The number of nitrogens with zero attached hydrogens (tertiary/aromatic N) is 4. The molecule has 0 bridgehead atoms. The maximum Gasteiger partial charge on any atom is 0.412 e. The molecule has 21 heavy (non-hydrogen) atoms. The lowest BCUT2D eigenvalue weighted by molar-refractivity contribution is -0.134. The van der Waals surface area contributed by atoms with Gasteiger partial charge >= 0.3 is 6.09 Å². The van der Waals surface area contributed by atoms with Crippen molar-refractivity contribution in [2.75, 3.05) is 25.0 Å². The van der Waals surface area contributed by atoms with Crippen LogP contribution < -0.4 is 5.32 Å². The Labute approximate surface area is 121 Å². The molecule has 1 aromatic heterocycles. The summed E-state index contributed by atoms with van der Waals surface area (Å²) in [6, 6.07) is 0. The average molecular weight is 297 g/mol. The minimum atomic E-state index is -0.610. The Morgan fingerprint density at radius 1 is 1.48 bits per heavy atom. The molecule has 2 N–H and O–H groups in total. The van der Waals surface area contributed by atoms with Gasteiger partial charge in [-0.1, -0.05) is 0 Å². The number of carbonyl (C=O) groups is 2. The quantitative estimate of drug-likeness (QED) is 0.798. The van der Waals surface area contributed by atoms with E-state index in [-0.39, 0.29) is 31.0 Å². The number of aromatic nitrogens is 3. The molecule has 0 radical (unpaired) electrons. The van der Waals surface area contributed by atoms with Gasteiger partial charge in [-0.25, -0.2) is 4.79 Å². The van der Waals surface area contributed by atoms with E-state index >= 15 is 0 Å². The van der Waals surface area contributed by atoms with Crippen molar-refractivity contribution in [3.8, 4) is 0 Å². The van der Waals surface area contributed by atoms with Crippen LogP contribution in [-0.4, -0.2) is 62.8 Å². The number of piperidine rings is 1. The van der Waals surface area contributed by atoms with Gasteiger partial charge in [0.2, 0.25) is 5.91 Å². The number of carbonyl (C=O) groups excluding carboxylic acids is 2. The Kier molecular flexibility index (Phi) is 5.09. The minimum Gasteiger partial charge on any atom is -0.450 e. The third kappa shape index (κ3) is 4.42. The highest BCUT2D eigenvalue weighted by Gasteiger charge is 2.21. The van der Waals surface area contributed by atoms with E-state index in [4.69, 9.17) is 4.74 Å². The SMILES string of the molecule is CCOC(=O)Nc1cnn(CC(=O)N2CCC(O)CC2)n1. The van der Waals surface area contributed by atoms with Gasteiger partial charge in [0.05, 0.1) is 18.9 Å². The van der Waals surface area contributed by atoms with Gasteiger partial charge in [0.15, 0.2) is 5.82 Å². The van der Waals surface area contributed by atoms with Crippen LogP contribution in [0.25, 0.3) is 0 Å². The molecule has 2 rings (SSSR count). The Balaban J connectivity index is 1.84. The fourth-order valence-electron chi connectivity index (χ4n) is 2.04. The van der Waals surface area contributed by atoms with Crippen LogP contribution in [0.15, 0.2) is 6.20 Å². The number of ether oxygens (including phenoxy) is 1.